The minimum Gasteiger partial charge on any atom is -0.488 e. The van der Waals surface area contributed by atoms with E-state index in [1.54, 1.807) is 46.0 Å². The summed E-state index contributed by atoms with van der Waals surface area (Å²) in [6, 6.07) is 3.55. The number of benzene rings is 1. The molecule has 1 fully saturated rings. The normalized spacial score (nSPS) is 17.4. The maximum Gasteiger partial charge on any atom is 0.407 e. The molecule has 1 N–H and O–H groups in total. The fourth-order valence-corrected chi connectivity index (χ4v) is 3.64. The van der Waals surface area contributed by atoms with Gasteiger partial charge in [0.2, 0.25) is 0 Å². The second-order valence-corrected chi connectivity index (χ2v) is 9.07. The molecule has 2 aromatic rings. The van der Waals surface area contributed by atoms with Crippen LogP contribution in [0, 0.1) is 0 Å². The molecule has 1 aromatic heterocycles. The highest BCUT2D eigenvalue weighted by molar-refractivity contribution is 5.97. The summed E-state index contributed by atoms with van der Waals surface area (Å²) in [7, 11) is 0. The molecule has 2 atom stereocenters. The average Bonchev–Trinajstić information content (AvgIpc) is 3.18. The van der Waals surface area contributed by atoms with Crippen LogP contribution in [0.4, 0.5) is 4.79 Å². The Morgan fingerprint density at radius 1 is 1.27 bits per heavy atom. The average molecular weight is 462 g/mol. The van der Waals surface area contributed by atoms with Crippen molar-refractivity contribution in [2.45, 2.75) is 78.2 Å². The van der Waals surface area contributed by atoms with Crippen molar-refractivity contribution >= 4 is 23.0 Å². The minimum absolute atomic E-state index is 0.153. The van der Waals surface area contributed by atoms with E-state index in [0.717, 1.165) is 30.2 Å². The lowest BCUT2D eigenvalue weighted by Crippen LogP contribution is -2.38. The number of ether oxygens (including phenoxy) is 4. The molecule has 1 amide bonds. The zero-order valence-corrected chi connectivity index (χ0v) is 20.2. The number of rotatable bonds is 8. The molecule has 9 heteroatoms. The molecule has 0 spiro atoms. The summed E-state index contributed by atoms with van der Waals surface area (Å²) in [6.07, 6.45) is 4.31. The molecule has 1 aromatic carbocycles. The number of nitrogens with zero attached hydrogens (tertiary/aromatic N) is 2. The number of hydrogen-bond acceptors (Lipinski definition) is 7. The molecule has 1 aliphatic rings. The van der Waals surface area contributed by atoms with Crippen LogP contribution in [-0.4, -0.2) is 53.3 Å². The quantitative estimate of drug-likeness (QED) is 0.574. The first-order valence-electron chi connectivity index (χ1n) is 11.6. The van der Waals surface area contributed by atoms with E-state index in [0.29, 0.717) is 24.3 Å². The van der Waals surface area contributed by atoms with E-state index < -0.39 is 17.7 Å². The summed E-state index contributed by atoms with van der Waals surface area (Å²) in [4.78, 5) is 24.8. The van der Waals surface area contributed by atoms with Crippen LogP contribution in [0.25, 0.3) is 10.9 Å². The predicted octanol–water partition coefficient (Wildman–Crippen LogP) is 4.59. The Labute approximate surface area is 194 Å². The third-order valence-corrected chi connectivity index (χ3v) is 5.24. The van der Waals surface area contributed by atoms with Gasteiger partial charge in [0.25, 0.3) is 0 Å². The standard InChI is InChI=1S/C24H35N3O6/c1-6-17(15-25-23(29)33-24(3,4)5)32-20-12-16-14-26-27(21-10-8-9-11-31-21)19(16)13-18(20)22(28)30-7-2/h12-14,17,21H,6-11,15H2,1-5H3,(H,25,29). The first-order valence-corrected chi connectivity index (χ1v) is 11.6. The maximum absolute atomic E-state index is 12.8. The Bertz CT molecular complexity index is 959. The molecule has 3 rings (SSSR count). The van der Waals surface area contributed by atoms with Gasteiger partial charge in [0.15, 0.2) is 6.23 Å². The lowest BCUT2D eigenvalue weighted by molar-refractivity contribution is -0.0366. The van der Waals surface area contributed by atoms with Gasteiger partial charge in [-0.05, 0) is 65.5 Å². The van der Waals surface area contributed by atoms with Crippen molar-refractivity contribution in [1.29, 1.82) is 0 Å². The van der Waals surface area contributed by atoms with Crippen LogP contribution >= 0.6 is 0 Å². The Balaban J connectivity index is 1.84. The van der Waals surface area contributed by atoms with E-state index in [2.05, 4.69) is 10.4 Å². The highest BCUT2D eigenvalue weighted by atomic mass is 16.6. The van der Waals surface area contributed by atoms with Gasteiger partial charge in [-0.15, -0.1) is 0 Å². The third kappa shape index (κ3) is 6.60. The molecule has 0 bridgehead atoms. The topological polar surface area (TPSA) is 101 Å². The first kappa shape index (κ1) is 24.8. The monoisotopic (exact) mass is 461 g/mol. The van der Waals surface area contributed by atoms with E-state index in [4.69, 9.17) is 18.9 Å². The number of carbonyl (C=O) groups is 2. The number of carbonyl (C=O) groups excluding carboxylic acids is 2. The lowest BCUT2D eigenvalue weighted by atomic mass is 10.1. The summed E-state index contributed by atoms with van der Waals surface area (Å²) in [5.41, 5.74) is 0.520. The maximum atomic E-state index is 12.8. The second-order valence-electron chi connectivity index (χ2n) is 9.07. The first-order chi connectivity index (χ1) is 15.7. The summed E-state index contributed by atoms with van der Waals surface area (Å²) in [6.45, 7) is 10.3. The number of nitrogens with one attached hydrogen (secondary N) is 1. The Hall–Kier alpha value is -2.81. The Kier molecular flexibility index (Phi) is 8.18. The van der Waals surface area contributed by atoms with E-state index in [1.807, 2.05) is 11.6 Å². The third-order valence-electron chi connectivity index (χ3n) is 5.24. The van der Waals surface area contributed by atoms with Crippen LogP contribution in [0.5, 0.6) is 5.75 Å². The fraction of sp³-hybridized carbons (Fsp3) is 0.625. The van der Waals surface area contributed by atoms with Crippen LogP contribution in [0.3, 0.4) is 0 Å². The number of fused-ring (bicyclic) bond motifs is 1. The lowest BCUT2D eigenvalue weighted by Gasteiger charge is -2.24. The summed E-state index contributed by atoms with van der Waals surface area (Å²) in [5, 5.41) is 8.08. The highest BCUT2D eigenvalue weighted by Gasteiger charge is 2.24. The molecule has 2 heterocycles. The molecular formula is C24H35N3O6. The van der Waals surface area contributed by atoms with Gasteiger partial charge >= 0.3 is 12.1 Å². The number of hydrogen-bond donors (Lipinski definition) is 1. The second kappa shape index (κ2) is 10.9. The Morgan fingerprint density at radius 2 is 2.06 bits per heavy atom. The van der Waals surface area contributed by atoms with Gasteiger partial charge < -0.3 is 24.3 Å². The number of amides is 1. The number of alkyl carbamates (subject to hydrolysis) is 1. The minimum atomic E-state index is -0.586. The van der Waals surface area contributed by atoms with Crippen molar-refractivity contribution in [2.75, 3.05) is 19.8 Å². The van der Waals surface area contributed by atoms with Crippen molar-refractivity contribution in [3.8, 4) is 5.75 Å². The molecule has 0 radical (unpaired) electrons. The summed E-state index contributed by atoms with van der Waals surface area (Å²) >= 11 is 0. The molecule has 182 valence electrons. The van der Waals surface area contributed by atoms with Gasteiger partial charge in [0.1, 0.15) is 23.0 Å². The molecular weight excluding hydrogens is 426 g/mol. The van der Waals surface area contributed by atoms with Gasteiger partial charge in [-0.25, -0.2) is 14.3 Å². The molecule has 1 aliphatic heterocycles. The van der Waals surface area contributed by atoms with Crippen LogP contribution < -0.4 is 10.1 Å². The Morgan fingerprint density at radius 3 is 2.70 bits per heavy atom. The predicted molar refractivity (Wildman–Crippen MR) is 123 cm³/mol. The van der Waals surface area contributed by atoms with E-state index in [9.17, 15) is 9.59 Å². The smallest absolute Gasteiger partial charge is 0.407 e. The van der Waals surface area contributed by atoms with Gasteiger partial charge in [0.05, 0.1) is 24.9 Å². The van der Waals surface area contributed by atoms with Crippen molar-refractivity contribution in [3.05, 3.63) is 23.9 Å². The van der Waals surface area contributed by atoms with Crippen LogP contribution in [0.1, 0.15) is 76.9 Å². The largest absolute Gasteiger partial charge is 0.488 e. The zero-order chi connectivity index (χ0) is 24.0. The van der Waals surface area contributed by atoms with Crippen molar-refractivity contribution in [3.63, 3.8) is 0 Å². The van der Waals surface area contributed by atoms with Gasteiger partial charge in [-0.1, -0.05) is 6.92 Å². The highest BCUT2D eigenvalue weighted by Crippen LogP contribution is 2.32. The van der Waals surface area contributed by atoms with Crippen LogP contribution in [0.15, 0.2) is 18.3 Å². The number of aromatic nitrogens is 2. The van der Waals surface area contributed by atoms with E-state index in [1.165, 1.54) is 0 Å². The molecule has 0 saturated carbocycles. The summed E-state index contributed by atoms with van der Waals surface area (Å²) in [5.74, 6) is -0.0791. The van der Waals surface area contributed by atoms with Gasteiger partial charge in [-0.3, -0.25) is 0 Å². The van der Waals surface area contributed by atoms with Crippen LogP contribution in [0.2, 0.25) is 0 Å². The van der Waals surface area contributed by atoms with Crippen molar-refractivity contribution in [2.24, 2.45) is 0 Å². The molecule has 0 aliphatic carbocycles. The number of esters is 1. The van der Waals surface area contributed by atoms with Gasteiger partial charge in [0, 0.05) is 12.0 Å². The molecule has 1 saturated heterocycles. The van der Waals surface area contributed by atoms with Crippen molar-refractivity contribution < 1.29 is 28.5 Å². The SMILES string of the molecule is CCOC(=O)c1cc2c(cnn2C2CCCCO2)cc1OC(CC)CNC(=O)OC(C)(C)C. The van der Waals surface area contributed by atoms with Crippen molar-refractivity contribution in [1.82, 2.24) is 15.1 Å². The summed E-state index contributed by atoms with van der Waals surface area (Å²) < 4.78 is 24.4. The fourth-order valence-electron chi connectivity index (χ4n) is 3.64. The molecule has 2 unspecified atom stereocenters. The van der Waals surface area contributed by atoms with E-state index >= 15 is 0 Å². The zero-order valence-electron chi connectivity index (χ0n) is 20.2. The van der Waals surface area contributed by atoms with Crippen LogP contribution in [-0.2, 0) is 14.2 Å². The van der Waals surface area contributed by atoms with E-state index in [-0.39, 0.29) is 25.5 Å². The molecule has 9 nitrogen and oxygen atoms in total. The van der Waals surface area contributed by atoms with Gasteiger partial charge in [-0.2, -0.15) is 5.10 Å². The molecule has 33 heavy (non-hydrogen) atoms.